The van der Waals surface area contributed by atoms with Crippen molar-refractivity contribution in [1.29, 1.82) is 0 Å². The SMILES string of the molecule is CCOC(=O)c1cnc(Nc2cc(C)ccc2OC)c2ccccc12. The molecular weight excluding hydrogens is 316 g/mol. The van der Waals surface area contributed by atoms with Gasteiger partial charge < -0.3 is 14.8 Å². The molecule has 0 spiro atoms. The summed E-state index contributed by atoms with van der Waals surface area (Å²) >= 11 is 0. The quantitative estimate of drug-likeness (QED) is 0.697. The van der Waals surface area contributed by atoms with E-state index in [0.29, 0.717) is 18.0 Å². The van der Waals surface area contributed by atoms with Gasteiger partial charge >= 0.3 is 5.97 Å². The third kappa shape index (κ3) is 3.40. The Hall–Kier alpha value is -3.08. The number of ether oxygens (including phenoxy) is 2. The van der Waals surface area contributed by atoms with Crippen LogP contribution < -0.4 is 10.1 Å². The summed E-state index contributed by atoms with van der Waals surface area (Å²) in [6.45, 7) is 4.13. The van der Waals surface area contributed by atoms with E-state index in [4.69, 9.17) is 9.47 Å². The largest absolute Gasteiger partial charge is 0.495 e. The molecule has 1 N–H and O–H groups in total. The summed E-state index contributed by atoms with van der Waals surface area (Å²) in [7, 11) is 1.63. The molecule has 5 heteroatoms. The number of aromatic nitrogens is 1. The Bertz CT molecular complexity index is 922. The lowest BCUT2D eigenvalue weighted by molar-refractivity contribution is 0.0528. The molecule has 5 nitrogen and oxygen atoms in total. The van der Waals surface area contributed by atoms with Gasteiger partial charge in [0.05, 0.1) is 25.0 Å². The van der Waals surface area contributed by atoms with Crippen molar-refractivity contribution in [2.75, 3.05) is 19.0 Å². The Labute approximate surface area is 146 Å². The van der Waals surface area contributed by atoms with Gasteiger partial charge in [-0.05, 0) is 31.5 Å². The lowest BCUT2D eigenvalue weighted by atomic mass is 10.1. The molecule has 0 bridgehead atoms. The molecule has 0 unspecified atom stereocenters. The predicted molar refractivity (Wildman–Crippen MR) is 98.7 cm³/mol. The van der Waals surface area contributed by atoms with Crippen LogP contribution in [0, 0.1) is 6.92 Å². The molecule has 0 fully saturated rings. The fourth-order valence-electron chi connectivity index (χ4n) is 2.71. The van der Waals surface area contributed by atoms with Crippen molar-refractivity contribution in [3.63, 3.8) is 0 Å². The van der Waals surface area contributed by atoms with Gasteiger partial charge in [0.2, 0.25) is 0 Å². The topological polar surface area (TPSA) is 60.5 Å². The third-order valence-corrected chi connectivity index (χ3v) is 3.90. The molecule has 2 aromatic carbocycles. The number of nitrogens with one attached hydrogen (secondary N) is 1. The van der Waals surface area contributed by atoms with Gasteiger partial charge in [0.25, 0.3) is 0 Å². The summed E-state index contributed by atoms with van der Waals surface area (Å²) in [5, 5.41) is 4.96. The van der Waals surface area contributed by atoms with Gasteiger partial charge in [-0.25, -0.2) is 9.78 Å². The normalized spacial score (nSPS) is 10.5. The fraction of sp³-hybridized carbons (Fsp3) is 0.200. The second-order valence-corrected chi connectivity index (χ2v) is 5.62. The summed E-state index contributed by atoms with van der Waals surface area (Å²) in [6.07, 6.45) is 1.55. The maximum Gasteiger partial charge on any atom is 0.340 e. The van der Waals surface area contributed by atoms with Gasteiger partial charge in [0.1, 0.15) is 11.6 Å². The first-order valence-electron chi connectivity index (χ1n) is 8.10. The number of esters is 1. The Morgan fingerprint density at radius 1 is 1.16 bits per heavy atom. The number of pyridine rings is 1. The highest BCUT2D eigenvalue weighted by atomic mass is 16.5. The molecule has 0 aliphatic carbocycles. The first-order chi connectivity index (χ1) is 12.1. The van der Waals surface area contributed by atoms with Crippen LogP contribution in [0.3, 0.4) is 0 Å². The van der Waals surface area contributed by atoms with E-state index in [1.54, 1.807) is 20.2 Å². The minimum Gasteiger partial charge on any atom is -0.495 e. The Kier molecular flexibility index (Phi) is 4.84. The number of carbonyl (C=O) groups is 1. The number of methoxy groups -OCH3 is 1. The molecule has 0 atom stereocenters. The Morgan fingerprint density at radius 2 is 1.92 bits per heavy atom. The highest BCUT2D eigenvalue weighted by Gasteiger charge is 2.15. The van der Waals surface area contributed by atoms with Crippen LogP contribution in [0.25, 0.3) is 10.8 Å². The number of anilines is 2. The zero-order valence-electron chi connectivity index (χ0n) is 14.5. The summed E-state index contributed by atoms with van der Waals surface area (Å²) in [6, 6.07) is 13.5. The molecule has 0 saturated carbocycles. The number of carbonyl (C=O) groups excluding carboxylic acids is 1. The fourth-order valence-corrected chi connectivity index (χ4v) is 2.71. The first-order valence-corrected chi connectivity index (χ1v) is 8.10. The second-order valence-electron chi connectivity index (χ2n) is 5.62. The smallest absolute Gasteiger partial charge is 0.340 e. The highest BCUT2D eigenvalue weighted by Crippen LogP contribution is 2.32. The molecule has 0 radical (unpaired) electrons. The Balaban J connectivity index is 2.08. The van der Waals surface area contributed by atoms with Crippen LogP contribution in [0.5, 0.6) is 5.75 Å². The lowest BCUT2D eigenvalue weighted by Crippen LogP contribution is -2.07. The minimum atomic E-state index is -0.370. The van der Waals surface area contributed by atoms with Crippen molar-refractivity contribution < 1.29 is 14.3 Å². The van der Waals surface area contributed by atoms with Crippen molar-refractivity contribution in [2.24, 2.45) is 0 Å². The predicted octanol–water partition coefficient (Wildman–Crippen LogP) is 4.47. The number of benzene rings is 2. The zero-order valence-corrected chi connectivity index (χ0v) is 14.5. The molecule has 128 valence electrons. The molecular formula is C20H20N2O3. The van der Waals surface area contributed by atoms with Crippen LogP contribution in [-0.4, -0.2) is 24.7 Å². The van der Waals surface area contributed by atoms with Crippen LogP contribution in [0.1, 0.15) is 22.8 Å². The van der Waals surface area contributed by atoms with Gasteiger partial charge in [-0.3, -0.25) is 0 Å². The van der Waals surface area contributed by atoms with E-state index in [-0.39, 0.29) is 5.97 Å². The average molecular weight is 336 g/mol. The molecule has 25 heavy (non-hydrogen) atoms. The molecule has 0 saturated heterocycles. The lowest BCUT2D eigenvalue weighted by Gasteiger charge is -2.14. The molecule has 0 aliphatic rings. The first kappa shape index (κ1) is 16.8. The zero-order chi connectivity index (χ0) is 17.8. The monoisotopic (exact) mass is 336 g/mol. The van der Waals surface area contributed by atoms with Gasteiger partial charge in [-0.2, -0.15) is 0 Å². The van der Waals surface area contributed by atoms with Crippen molar-refractivity contribution in [2.45, 2.75) is 13.8 Å². The van der Waals surface area contributed by atoms with E-state index in [9.17, 15) is 4.79 Å². The van der Waals surface area contributed by atoms with Crippen molar-refractivity contribution in [1.82, 2.24) is 4.98 Å². The minimum absolute atomic E-state index is 0.327. The van der Waals surface area contributed by atoms with E-state index in [1.165, 1.54) is 0 Å². The summed E-state index contributed by atoms with van der Waals surface area (Å²) in [4.78, 5) is 16.6. The third-order valence-electron chi connectivity index (χ3n) is 3.90. The number of nitrogens with zero attached hydrogens (tertiary/aromatic N) is 1. The maximum atomic E-state index is 12.2. The van der Waals surface area contributed by atoms with Gasteiger partial charge in [-0.15, -0.1) is 0 Å². The standard InChI is InChI=1S/C20H20N2O3/c1-4-25-20(23)16-12-21-19(15-8-6-5-7-14(15)16)22-17-11-13(2)9-10-18(17)24-3/h5-12H,4H2,1-3H3,(H,21,22). The highest BCUT2D eigenvalue weighted by molar-refractivity contribution is 6.07. The Morgan fingerprint density at radius 3 is 2.64 bits per heavy atom. The van der Waals surface area contributed by atoms with Crippen LogP contribution in [-0.2, 0) is 4.74 Å². The summed E-state index contributed by atoms with van der Waals surface area (Å²) in [5.74, 6) is 1.02. The van der Waals surface area contributed by atoms with E-state index in [0.717, 1.165) is 27.8 Å². The van der Waals surface area contributed by atoms with Crippen molar-refractivity contribution >= 4 is 28.2 Å². The molecule has 0 amide bonds. The average Bonchev–Trinajstić information content (AvgIpc) is 2.62. The second kappa shape index (κ2) is 7.21. The number of aryl methyl sites for hydroxylation is 1. The number of rotatable bonds is 5. The van der Waals surface area contributed by atoms with Gasteiger partial charge in [-0.1, -0.05) is 30.3 Å². The van der Waals surface area contributed by atoms with Crippen LogP contribution in [0.15, 0.2) is 48.7 Å². The molecule has 0 aliphatic heterocycles. The summed E-state index contributed by atoms with van der Waals surface area (Å²) in [5.41, 5.74) is 2.39. The number of fused-ring (bicyclic) bond motifs is 1. The molecule has 3 aromatic rings. The summed E-state index contributed by atoms with van der Waals surface area (Å²) < 4.78 is 10.5. The number of hydrogen-bond donors (Lipinski definition) is 1. The molecule has 1 heterocycles. The van der Waals surface area contributed by atoms with Crippen molar-refractivity contribution in [3.8, 4) is 5.75 Å². The number of hydrogen-bond acceptors (Lipinski definition) is 5. The maximum absolute atomic E-state index is 12.2. The molecule has 3 rings (SSSR count). The molecule has 1 aromatic heterocycles. The van der Waals surface area contributed by atoms with E-state index >= 15 is 0 Å². The van der Waals surface area contributed by atoms with Crippen LogP contribution >= 0.6 is 0 Å². The van der Waals surface area contributed by atoms with E-state index in [1.807, 2.05) is 49.4 Å². The van der Waals surface area contributed by atoms with E-state index in [2.05, 4.69) is 10.3 Å². The van der Waals surface area contributed by atoms with Crippen LogP contribution in [0.4, 0.5) is 11.5 Å². The van der Waals surface area contributed by atoms with Crippen molar-refractivity contribution in [3.05, 3.63) is 59.8 Å². The van der Waals surface area contributed by atoms with Crippen LogP contribution in [0.2, 0.25) is 0 Å². The van der Waals surface area contributed by atoms with Gasteiger partial charge in [0, 0.05) is 17.0 Å². The van der Waals surface area contributed by atoms with E-state index < -0.39 is 0 Å². The van der Waals surface area contributed by atoms with Gasteiger partial charge in [0.15, 0.2) is 0 Å².